The molecule has 2 atom stereocenters. The van der Waals surface area contributed by atoms with Crippen LogP contribution in [0.4, 0.5) is 0 Å². The summed E-state index contributed by atoms with van der Waals surface area (Å²) in [7, 11) is 5.49. The molecule has 1 aliphatic heterocycles. The summed E-state index contributed by atoms with van der Waals surface area (Å²) in [6.45, 7) is 7.21. The van der Waals surface area contributed by atoms with E-state index >= 15 is 0 Å². The van der Waals surface area contributed by atoms with Gasteiger partial charge in [-0.05, 0) is 0 Å². The average Bonchev–Trinajstić information content (AvgIpc) is 3.25. The van der Waals surface area contributed by atoms with Crippen LogP contribution in [0, 0.1) is 31.6 Å². The Morgan fingerprint density at radius 1 is 0.737 bits per heavy atom. The Bertz CT molecular complexity index is 615. The quantitative estimate of drug-likeness (QED) is 0.0701. The molecule has 38 heavy (non-hydrogen) atoms. The lowest BCUT2D eigenvalue weighted by molar-refractivity contribution is -0.104. The molecule has 0 saturated heterocycles. The molecule has 1 heterocycles. The standard InChI is InChI=1S/C23H48.C9H7BO2.C2H3O.H2/c1-3-5-7-9-11-13-15-17-19-21-23-22-20-18-16-14-12-10-8-6-4-2;1-3-6-7(4-2)9(10)12-8(6)5-11;1-2-3;/h3-23H2,1-2H3;1-2,8-9,11H,5H2;2H,1H2;1H. The fourth-order valence-electron chi connectivity index (χ4n) is 4.61. The highest BCUT2D eigenvalue weighted by Gasteiger charge is 2.28. The molecule has 0 aromatic rings. The molecule has 0 aromatic carbocycles. The largest absolute Gasteiger partial charge is 0.393 e. The number of rotatable bonds is 21. The molecule has 0 aliphatic carbocycles. The Morgan fingerprint density at radius 2 is 1.00 bits per heavy atom. The van der Waals surface area contributed by atoms with Gasteiger partial charge in [-0.3, -0.25) is 0 Å². The maximum atomic E-state index is 8.82. The number of terminal acetylenes is 2. The van der Waals surface area contributed by atoms with E-state index in [-0.39, 0.29) is 8.03 Å². The zero-order chi connectivity index (χ0) is 28.7. The number of carbonyl (C=O) groups excluding carboxylic acids is 1. The Balaban J connectivity index is -0.000000675. The normalized spacial score (nSPS) is 16.1. The third-order valence-electron chi connectivity index (χ3n) is 6.89. The van der Waals surface area contributed by atoms with Crippen molar-refractivity contribution in [2.24, 2.45) is 0 Å². The molecule has 217 valence electrons. The first-order valence-corrected chi connectivity index (χ1v) is 15.5. The van der Waals surface area contributed by atoms with Gasteiger partial charge in [-0.1, -0.05) is 161 Å². The van der Waals surface area contributed by atoms with Gasteiger partial charge in [0.2, 0.25) is 0 Å². The first kappa shape index (κ1) is 38.7. The van der Waals surface area contributed by atoms with Gasteiger partial charge in [0.25, 0.3) is 0 Å². The van der Waals surface area contributed by atoms with Crippen molar-refractivity contribution >= 4 is 14.1 Å². The molecule has 1 aliphatic rings. The van der Waals surface area contributed by atoms with E-state index in [4.69, 9.17) is 35.3 Å². The summed E-state index contributed by atoms with van der Waals surface area (Å²) in [5.74, 6) is 4.72. The lowest BCUT2D eigenvalue weighted by Crippen LogP contribution is -2.18. The van der Waals surface area contributed by atoms with Crippen LogP contribution in [0.5, 0.6) is 0 Å². The van der Waals surface area contributed by atoms with Crippen molar-refractivity contribution in [2.75, 3.05) is 6.61 Å². The topological polar surface area (TPSA) is 46.5 Å². The second kappa shape index (κ2) is 31.7. The molecule has 2 unspecified atom stereocenters. The van der Waals surface area contributed by atoms with Crippen LogP contribution in [0.2, 0.25) is 0 Å². The minimum absolute atomic E-state index is 0. The number of aldehydes is 1. The molecular formula is C34H60BO3. The monoisotopic (exact) mass is 527 g/mol. The van der Waals surface area contributed by atoms with Crippen molar-refractivity contribution < 1.29 is 16.1 Å². The smallest absolute Gasteiger partial charge is 0.120 e. The van der Waals surface area contributed by atoms with Crippen LogP contribution in [-0.4, -0.2) is 38.0 Å². The summed E-state index contributed by atoms with van der Waals surface area (Å²) in [5, 5.41) is 8.82. The molecule has 1 rings (SSSR count). The zero-order valence-electron chi connectivity index (χ0n) is 25.0. The van der Waals surface area contributed by atoms with Crippen molar-refractivity contribution in [2.45, 2.75) is 161 Å². The van der Waals surface area contributed by atoms with E-state index in [0.29, 0.717) is 17.4 Å². The van der Waals surface area contributed by atoms with E-state index in [0.717, 1.165) is 0 Å². The van der Waals surface area contributed by atoms with Crippen LogP contribution in [0.25, 0.3) is 0 Å². The van der Waals surface area contributed by atoms with Gasteiger partial charge in [0, 0.05) is 19.5 Å². The first-order chi connectivity index (χ1) is 18.6. The molecule has 0 amide bonds. The Hall–Kier alpha value is -1.49. The third-order valence-corrected chi connectivity index (χ3v) is 6.89. The molecule has 3 radical (unpaired) electrons. The summed E-state index contributed by atoms with van der Waals surface area (Å²) < 4.78 is 5.09. The SMILES string of the molecule is CCCCCCCCCCCCCCCCCCCCCCC.[B]C1OC(CO)C(C#C)=C1C#C.[CH2]C=O.[HH]. The van der Waals surface area contributed by atoms with Crippen LogP contribution in [0.1, 0.15) is 150 Å². The number of hydrogen-bond acceptors (Lipinski definition) is 3. The van der Waals surface area contributed by atoms with Crippen molar-refractivity contribution in [3.8, 4) is 24.7 Å². The van der Waals surface area contributed by atoms with E-state index in [2.05, 4.69) is 32.6 Å². The average molecular weight is 528 g/mol. The van der Waals surface area contributed by atoms with Gasteiger partial charge in [0.05, 0.1) is 12.6 Å². The maximum Gasteiger partial charge on any atom is 0.120 e. The number of carbonyl (C=O) groups is 1. The van der Waals surface area contributed by atoms with E-state index < -0.39 is 12.1 Å². The number of aliphatic hydroxyl groups excluding tert-OH is 1. The summed E-state index contributed by atoms with van der Waals surface area (Å²) in [4.78, 5) is 8.69. The molecule has 0 fully saturated rings. The highest BCUT2D eigenvalue weighted by Crippen LogP contribution is 2.24. The predicted octanol–water partition coefficient (Wildman–Crippen LogP) is 8.92. The fourth-order valence-corrected chi connectivity index (χ4v) is 4.61. The van der Waals surface area contributed by atoms with Gasteiger partial charge in [-0.25, -0.2) is 0 Å². The van der Waals surface area contributed by atoms with Gasteiger partial charge < -0.3 is 14.6 Å². The van der Waals surface area contributed by atoms with Gasteiger partial charge in [0.1, 0.15) is 20.2 Å². The second-order valence-corrected chi connectivity index (χ2v) is 10.2. The van der Waals surface area contributed by atoms with Crippen molar-refractivity contribution in [1.29, 1.82) is 0 Å². The number of ether oxygens (including phenoxy) is 1. The zero-order valence-corrected chi connectivity index (χ0v) is 25.0. The van der Waals surface area contributed by atoms with Gasteiger partial charge in [-0.15, -0.1) is 12.8 Å². The van der Waals surface area contributed by atoms with Gasteiger partial charge in [0.15, 0.2) is 0 Å². The molecule has 1 N–H and O–H groups in total. The van der Waals surface area contributed by atoms with Crippen molar-refractivity contribution in [3.63, 3.8) is 0 Å². The summed E-state index contributed by atoms with van der Waals surface area (Å²) in [6, 6.07) is -0.668. The summed E-state index contributed by atoms with van der Waals surface area (Å²) >= 11 is 0. The molecule has 0 saturated carbocycles. The van der Waals surface area contributed by atoms with Crippen LogP contribution in [0.15, 0.2) is 11.1 Å². The molecular weight excluding hydrogens is 467 g/mol. The Morgan fingerprint density at radius 3 is 1.21 bits per heavy atom. The highest BCUT2D eigenvalue weighted by atomic mass is 16.5. The molecule has 0 spiro atoms. The number of aliphatic hydroxyl groups is 1. The molecule has 3 nitrogen and oxygen atoms in total. The maximum absolute atomic E-state index is 8.82. The van der Waals surface area contributed by atoms with Gasteiger partial charge in [-0.2, -0.15) is 0 Å². The van der Waals surface area contributed by atoms with E-state index in [1.165, 1.54) is 135 Å². The molecule has 4 heteroatoms. The Labute approximate surface area is 240 Å². The van der Waals surface area contributed by atoms with Crippen LogP contribution in [-0.2, 0) is 9.53 Å². The van der Waals surface area contributed by atoms with E-state index in [9.17, 15) is 0 Å². The second-order valence-electron chi connectivity index (χ2n) is 10.2. The fraction of sp³-hybridized carbons (Fsp3) is 0.765. The van der Waals surface area contributed by atoms with Crippen LogP contribution >= 0.6 is 0 Å². The lowest BCUT2D eigenvalue weighted by atomic mass is 9.91. The van der Waals surface area contributed by atoms with Crippen molar-refractivity contribution in [3.05, 3.63) is 18.1 Å². The van der Waals surface area contributed by atoms with Gasteiger partial charge >= 0.3 is 0 Å². The van der Waals surface area contributed by atoms with E-state index in [1.54, 1.807) is 0 Å². The molecule has 0 aromatic heterocycles. The van der Waals surface area contributed by atoms with E-state index in [1.807, 2.05) is 0 Å². The number of hydrogen-bond donors (Lipinski definition) is 1. The molecule has 0 bridgehead atoms. The Kier molecular flexibility index (Phi) is 32.3. The first-order valence-electron chi connectivity index (χ1n) is 15.5. The number of unbranched alkanes of at least 4 members (excludes halogenated alkanes) is 20. The highest BCUT2D eigenvalue weighted by molar-refractivity contribution is 6.14. The summed E-state index contributed by atoms with van der Waals surface area (Å²) in [6.07, 6.45) is 41.2. The third kappa shape index (κ3) is 23.6. The minimum Gasteiger partial charge on any atom is -0.393 e. The van der Waals surface area contributed by atoms with Crippen LogP contribution < -0.4 is 0 Å². The summed E-state index contributed by atoms with van der Waals surface area (Å²) in [5.41, 5.74) is 0.934. The van der Waals surface area contributed by atoms with Crippen LogP contribution in [0.3, 0.4) is 0 Å². The van der Waals surface area contributed by atoms with Crippen molar-refractivity contribution in [1.82, 2.24) is 0 Å². The lowest BCUT2D eigenvalue weighted by Gasteiger charge is -2.08. The predicted molar refractivity (Wildman–Crippen MR) is 168 cm³/mol. The minimum atomic E-state index is -0.668.